The zero-order valence-corrected chi connectivity index (χ0v) is 12.6. The number of hydrogen-bond acceptors (Lipinski definition) is 3. The first-order valence-electron chi connectivity index (χ1n) is 7.73. The van der Waals surface area contributed by atoms with E-state index in [-0.39, 0.29) is 0 Å². The van der Waals surface area contributed by atoms with E-state index in [2.05, 4.69) is 36.3 Å². The van der Waals surface area contributed by atoms with Gasteiger partial charge in [-0.2, -0.15) is 0 Å². The van der Waals surface area contributed by atoms with E-state index in [1.54, 1.807) is 0 Å². The first-order valence-corrected chi connectivity index (χ1v) is 7.73. The van der Waals surface area contributed by atoms with Crippen LogP contribution in [0.2, 0.25) is 0 Å². The van der Waals surface area contributed by atoms with Crippen LogP contribution in [0, 0.1) is 11.8 Å². The Morgan fingerprint density at radius 1 is 1.35 bits per heavy atom. The minimum Gasteiger partial charge on any atom is -0.493 e. The Kier molecular flexibility index (Phi) is 6.06. The molecule has 3 heteroatoms. The Bertz CT molecular complexity index is 431. The van der Waals surface area contributed by atoms with Crippen molar-refractivity contribution in [2.75, 3.05) is 13.2 Å². The fourth-order valence-corrected chi connectivity index (χ4v) is 2.48. The Labute approximate surface area is 122 Å². The maximum Gasteiger partial charge on any atom is 0.122 e. The first kappa shape index (κ1) is 15.0. The van der Waals surface area contributed by atoms with E-state index in [0.717, 1.165) is 44.0 Å². The Hall–Kier alpha value is -1.35. The Balaban J connectivity index is 1.83. The second kappa shape index (κ2) is 8.05. The van der Waals surface area contributed by atoms with Crippen molar-refractivity contribution in [1.29, 1.82) is 0 Å². The molecule has 110 valence electrons. The van der Waals surface area contributed by atoms with Crippen molar-refractivity contribution in [2.24, 2.45) is 11.8 Å². The van der Waals surface area contributed by atoms with Gasteiger partial charge >= 0.3 is 0 Å². The van der Waals surface area contributed by atoms with E-state index < -0.39 is 0 Å². The molecule has 1 heterocycles. The fourth-order valence-electron chi connectivity index (χ4n) is 2.48. The standard InChI is InChI=1S/C17H26N2O/c1-3-9-18-12-16-11-17(8-10-19-16)20-13-15-7-5-4-6-14(15)2/h4-5,8,10-11,14-15,18H,3,6-7,9,12-13H2,1-2H3. The van der Waals surface area contributed by atoms with Crippen molar-refractivity contribution in [2.45, 2.75) is 39.7 Å². The summed E-state index contributed by atoms with van der Waals surface area (Å²) in [5, 5.41) is 3.36. The SMILES string of the molecule is CCCNCc1cc(OCC2CC=CCC2C)ccn1. The van der Waals surface area contributed by atoms with Crippen LogP contribution in [-0.2, 0) is 6.54 Å². The lowest BCUT2D eigenvalue weighted by atomic mass is 9.85. The molecule has 1 aliphatic carbocycles. The number of aromatic nitrogens is 1. The largest absolute Gasteiger partial charge is 0.493 e. The second-order valence-electron chi connectivity index (χ2n) is 5.65. The molecule has 0 spiro atoms. The normalized spacial score (nSPS) is 21.9. The molecular weight excluding hydrogens is 248 g/mol. The highest BCUT2D eigenvalue weighted by Gasteiger charge is 2.18. The summed E-state index contributed by atoms with van der Waals surface area (Å²) >= 11 is 0. The van der Waals surface area contributed by atoms with Crippen molar-refractivity contribution in [1.82, 2.24) is 10.3 Å². The molecule has 0 radical (unpaired) electrons. The number of nitrogens with zero attached hydrogens (tertiary/aromatic N) is 1. The summed E-state index contributed by atoms with van der Waals surface area (Å²) < 4.78 is 5.96. The van der Waals surface area contributed by atoms with Crippen LogP contribution < -0.4 is 10.1 Å². The van der Waals surface area contributed by atoms with Gasteiger partial charge in [0, 0.05) is 18.8 Å². The smallest absolute Gasteiger partial charge is 0.122 e. The average Bonchev–Trinajstić information content (AvgIpc) is 2.47. The Morgan fingerprint density at radius 3 is 3.00 bits per heavy atom. The minimum absolute atomic E-state index is 0.634. The topological polar surface area (TPSA) is 34.1 Å². The summed E-state index contributed by atoms with van der Waals surface area (Å²) in [4.78, 5) is 4.37. The first-order chi connectivity index (χ1) is 9.79. The molecule has 2 atom stereocenters. The van der Waals surface area contributed by atoms with Gasteiger partial charge < -0.3 is 10.1 Å². The van der Waals surface area contributed by atoms with Gasteiger partial charge in [-0.05, 0) is 43.7 Å². The molecule has 0 aromatic carbocycles. The van der Waals surface area contributed by atoms with E-state index in [0.29, 0.717) is 11.8 Å². The quantitative estimate of drug-likeness (QED) is 0.610. The summed E-state index contributed by atoms with van der Waals surface area (Å²) in [5.41, 5.74) is 1.05. The third kappa shape index (κ3) is 4.64. The molecule has 0 saturated carbocycles. The minimum atomic E-state index is 0.634. The van der Waals surface area contributed by atoms with Gasteiger partial charge in [-0.15, -0.1) is 0 Å². The van der Waals surface area contributed by atoms with Crippen molar-refractivity contribution in [3.05, 3.63) is 36.2 Å². The van der Waals surface area contributed by atoms with Crippen molar-refractivity contribution >= 4 is 0 Å². The van der Waals surface area contributed by atoms with Gasteiger partial charge in [0.2, 0.25) is 0 Å². The molecule has 1 aromatic rings. The van der Waals surface area contributed by atoms with Crippen LogP contribution >= 0.6 is 0 Å². The van der Waals surface area contributed by atoms with Gasteiger partial charge in [0.25, 0.3) is 0 Å². The molecular formula is C17H26N2O. The lowest BCUT2D eigenvalue weighted by Gasteiger charge is -2.25. The summed E-state index contributed by atoms with van der Waals surface area (Å²) in [6.45, 7) is 7.12. The van der Waals surface area contributed by atoms with Crippen LogP contribution in [0.15, 0.2) is 30.5 Å². The molecule has 0 bridgehead atoms. The third-order valence-corrected chi connectivity index (χ3v) is 3.90. The fraction of sp³-hybridized carbons (Fsp3) is 0.588. The van der Waals surface area contributed by atoms with Crippen LogP contribution in [0.5, 0.6) is 5.75 Å². The number of pyridine rings is 1. The molecule has 1 N–H and O–H groups in total. The summed E-state index contributed by atoms with van der Waals surface area (Å²) in [7, 11) is 0. The van der Waals surface area contributed by atoms with Crippen LogP contribution in [-0.4, -0.2) is 18.1 Å². The predicted molar refractivity (Wildman–Crippen MR) is 82.8 cm³/mol. The van der Waals surface area contributed by atoms with Crippen molar-refractivity contribution < 1.29 is 4.74 Å². The van der Waals surface area contributed by atoms with Gasteiger partial charge in [-0.25, -0.2) is 0 Å². The van der Waals surface area contributed by atoms with Crippen LogP contribution in [0.3, 0.4) is 0 Å². The van der Waals surface area contributed by atoms with E-state index in [1.165, 1.54) is 6.42 Å². The number of ether oxygens (including phenoxy) is 1. The maximum absolute atomic E-state index is 5.96. The lowest BCUT2D eigenvalue weighted by molar-refractivity contribution is 0.198. The van der Waals surface area contributed by atoms with Crippen LogP contribution in [0.1, 0.15) is 38.8 Å². The molecule has 0 saturated heterocycles. The molecule has 2 rings (SSSR count). The van der Waals surface area contributed by atoms with Crippen molar-refractivity contribution in [3.63, 3.8) is 0 Å². The van der Waals surface area contributed by atoms with E-state index in [1.807, 2.05) is 18.3 Å². The van der Waals surface area contributed by atoms with Crippen LogP contribution in [0.25, 0.3) is 0 Å². The predicted octanol–water partition coefficient (Wildman–Crippen LogP) is 3.56. The molecule has 2 unspecified atom stereocenters. The summed E-state index contributed by atoms with van der Waals surface area (Å²) in [6, 6.07) is 4.00. The van der Waals surface area contributed by atoms with Gasteiger partial charge in [-0.1, -0.05) is 26.0 Å². The lowest BCUT2D eigenvalue weighted by Crippen LogP contribution is -2.21. The molecule has 0 aliphatic heterocycles. The molecule has 20 heavy (non-hydrogen) atoms. The summed E-state index contributed by atoms with van der Waals surface area (Å²) in [5.74, 6) is 2.29. The molecule has 0 fully saturated rings. The third-order valence-electron chi connectivity index (χ3n) is 3.90. The zero-order valence-electron chi connectivity index (χ0n) is 12.6. The monoisotopic (exact) mass is 274 g/mol. The van der Waals surface area contributed by atoms with E-state index >= 15 is 0 Å². The molecule has 1 aromatic heterocycles. The van der Waals surface area contributed by atoms with Crippen molar-refractivity contribution in [3.8, 4) is 5.75 Å². The highest BCUT2D eigenvalue weighted by atomic mass is 16.5. The maximum atomic E-state index is 5.96. The molecule has 0 amide bonds. The number of nitrogens with one attached hydrogen (secondary N) is 1. The summed E-state index contributed by atoms with van der Waals surface area (Å²) in [6.07, 6.45) is 9.85. The van der Waals surface area contributed by atoms with Gasteiger partial charge in [-0.3, -0.25) is 4.98 Å². The molecule has 1 aliphatic rings. The molecule has 3 nitrogen and oxygen atoms in total. The van der Waals surface area contributed by atoms with Gasteiger partial charge in [0.15, 0.2) is 0 Å². The van der Waals surface area contributed by atoms with Crippen LogP contribution in [0.4, 0.5) is 0 Å². The highest BCUT2D eigenvalue weighted by Crippen LogP contribution is 2.25. The van der Waals surface area contributed by atoms with E-state index in [4.69, 9.17) is 4.74 Å². The Morgan fingerprint density at radius 2 is 2.20 bits per heavy atom. The number of hydrogen-bond donors (Lipinski definition) is 1. The zero-order chi connectivity index (χ0) is 14.2. The second-order valence-corrected chi connectivity index (χ2v) is 5.65. The average molecular weight is 274 g/mol. The highest BCUT2D eigenvalue weighted by molar-refractivity contribution is 5.22. The number of allylic oxidation sites excluding steroid dienone is 2. The number of rotatable bonds is 7. The van der Waals surface area contributed by atoms with E-state index in [9.17, 15) is 0 Å². The van der Waals surface area contributed by atoms with Gasteiger partial charge in [0.05, 0.1) is 12.3 Å². The van der Waals surface area contributed by atoms with Gasteiger partial charge in [0.1, 0.15) is 5.75 Å².